The molecule has 3 rings (SSSR count). The number of Topliss-reactive ketones (excluding diaryl/α,β-unsaturated/α-hetero) is 1. The van der Waals surface area contributed by atoms with Gasteiger partial charge < -0.3 is 18.9 Å². The van der Waals surface area contributed by atoms with Crippen LogP contribution in [0.15, 0.2) is 60.9 Å². The molecule has 0 unspecified atom stereocenters. The number of hydrogen-bond acceptors (Lipinski definition) is 6. The molecule has 0 saturated carbocycles. The molecule has 1 heterocycles. The molecule has 0 fully saturated rings. The Morgan fingerprint density at radius 1 is 1.19 bits per heavy atom. The Kier molecular flexibility index (Phi) is 5.56. The number of ether oxygens (including phenoxy) is 4. The first-order chi connectivity index (χ1) is 13.1. The van der Waals surface area contributed by atoms with Crippen molar-refractivity contribution in [1.29, 1.82) is 0 Å². The summed E-state index contributed by atoms with van der Waals surface area (Å²) >= 11 is 0. The lowest BCUT2D eigenvalue weighted by atomic mass is 10.1. The molecule has 0 saturated heterocycles. The van der Waals surface area contributed by atoms with Gasteiger partial charge in [-0.25, -0.2) is 4.79 Å². The molecule has 0 radical (unpaired) electrons. The van der Waals surface area contributed by atoms with Crippen molar-refractivity contribution in [2.75, 3.05) is 20.3 Å². The van der Waals surface area contributed by atoms with Gasteiger partial charge in [0.15, 0.2) is 12.4 Å². The highest BCUT2D eigenvalue weighted by Crippen LogP contribution is 2.35. The molecule has 1 aliphatic heterocycles. The molecular weight excluding hydrogens is 348 g/mol. The second-order valence-electron chi connectivity index (χ2n) is 5.63. The van der Waals surface area contributed by atoms with Crippen LogP contribution < -0.4 is 14.2 Å². The molecular formula is C21H18O6. The first-order valence-electron chi connectivity index (χ1n) is 8.22. The largest absolute Gasteiger partial charge is 0.497 e. The molecule has 0 spiro atoms. The summed E-state index contributed by atoms with van der Waals surface area (Å²) in [5.74, 6) is 0.953. The van der Waals surface area contributed by atoms with Crippen LogP contribution in [0.3, 0.4) is 0 Å². The SMILES string of the molecule is C=CCOC(=O)COc1ccc2c(c1)OC(=Cc1cccc(OC)c1)C2=O. The molecule has 6 nitrogen and oxygen atoms in total. The maximum absolute atomic E-state index is 12.5. The first kappa shape index (κ1) is 18.3. The summed E-state index contributed by atoms with van der Waals surface area (Å²) in [5, 5.41) is 0. The van der Waals surface area contributed by atoms with Crippen molar-refractivity contribution in [3.05, 3.63) is 72.0 Å². The van der Waals surface area contributed by atoms with Crippen LogP contribution in [0, 0.1) is 0 Å². The Morgan fingerprint density at radius 2 is 2.04 bits per heavy atom. The van der Waals surface area contributed by atoms with E-state index in [9.17, 15) is 9.59 Å². The van der Waals surface area contributed by atoms with E-state index >= 15 is 0 Å². The summed E-state index contributed by atoms with van der Waals surface area (Å²) in [6.45, 7) is 3.35. The van der Waals surface area contributed by atoms with Gasteiger partial charge >= 0.3 is 5.97 Å². The third-order valence-corrected chi connectivity index (χ3v) is 3.75. The van der Waals surface area contributed by atoms with Crippen molar-refractivity contribution >= 4 is 17.8 Å². The summed E-state index contributed by atoms with van der Waals surface area (Å²) in [7, 11) is 1.58. The Labute approximate surface area is 156 Å². The number of esters is 1. The normalized spacial score (nSPS) is 13.7. The minimum atomic E-state index is -0.508. The zero-order valence-corrected chi connectivity index (χ0v) is 14.8. The van der Waals surface area contributed by atoms with E-state index in [1.54, 1.807) is 37.5 Å². The minimum Gasteiger partial charge on any atom is -0.497 e. The molecule has 0 amide bonds. The smallest absolute Gasteiger partial charge is 0.344 e. The summed E-state index contributed by atoms with van der Waals surface area (Å²) < 4.78 is 21.1. The standard InChI is InChI=1S/C21H18O6/c1-3-9-25-20(22)13-26-16-7-8-17-18(12-16)27-19(21(17)23)11-14-5-4-6-15(10-14)24-2/h3-8,10-12H,1,9,13H2,2H3. The van der Waals surface area contributed by atoms with Crippen LogP contribution in [0.4, 0.5) is 0 Å². The fourth-order valence-corrected chi connectivity index (χ4v) is 2.48. The number of benzene rings is 2. The van der Waals surface area contributed by atoms with Crippen LogP contribution in [-0.2, 0) is 9.53 Å². The van der Waals surface area contributed by atoms with Crippen molar-refractivity contribution in [3.63, 3.8) is 0 Å². The average molecular weight is 366 g/mol. The molecule has 0 aliphatic carbocycles. The molecule has 6 heteroatoms. The highest BCUT2D eigenvalue weighted by Gasteiger charge is 2.27. The quantitative estimate of drug-likeness (QED) is 0.425. The van der Waals surface area contributed by atoms with Crippen LogP contribution in [-0.4, -0.2) is 32.1 Å². The number of hydrogen-bond donors (Lipinski definition) is 0. The second kappa shape index (κ2) is 8.23. The molecule has 1 aliphatic rings. The van der Waals surface area contributed by atoms with Gasteiger partial charge in [-0.2, -0.15) is 0 Å². The van der Waals surface area contributed by atoms with Crippen molar-refractivity contribution in [1.82, 2.24) is 0 Å². The van der Waals surface area contributed by atoms with Crippen molar-refractivity contribution in [2.45, 2.75) is 0 Å². The number of carbonyl (C=O) groups excluding carboxylic acids is 2. The molecule has 2 aromatic rings. The average Bonchev–Trinajstić information content (AvgIpc) is 2.99. The van der Waals surface area contributed by atoms with Gasteiger partial charge in [-0.05, 0) is 35.9 Å². The number of fused-ring (bicyclic) bond motifs is 1. The van der Waals surface area contributed by atoms with Crippen LogP contribution in [0.5, 0.6) is 17.2 Å². The monoisotopic (exact) mass is 366 g/mol. The summed E-state index contributed by atoms with van der Waals surface area (Å²) in [6, 6.07) is 12.1. The number of carbonyl (C=O) groups is 2. The van der Waals surface area contributed by atoms with Gasteiger partial charge in [0.05, 0.1) is 12.7 Å². The predicted octanol–water partition coefficient (Wildman–Crippen LogP) is 3.42. The van der Waals surface area contributed by atoms with E-state index in [0.717, 1.165) is 5.56 Å². The van der Waals surface area contributed by atoms with Crippen LogP contribution in [0.2, 0.25) is 0 Å². The molecule has 2 aromatic carbocycles. The lowest BCUT2D eigenvalue weighted by Crippen LogP contribution is -2.14. The zero-order valence-electron chi connectivity index (χ0n) is 14.8. The molecule has 138 valence electrons. The number of allylic oxidation sites excluding steroid dienone is 1. The minimum absolute atomic E-state index is 0.127. The van der Waals surface area contributed by atoms with E-state index in [-0.39, 0.29) is 24.8 Å². The summed E-state index contributed by atoms with van der Waals surface area (Å²) in [6.07, 6.45) is 3.13. The molecule has 0 atom stereocenters. The number of methoxy groups -OCH3 is 1. The van der Waals surface area contributed by atoms with Gasteiger partial charge in [0, 0.05) is 6.07 Å². The molecule has 27 heavy (non-hydrogen) atoms. The van der Waals surface area contributed by atoms with Gasteiger partial charge in [-0.3, -0.25) is 4.79 Å². The van der Waals surface area contributed by atoms with Crippen molar-refractivity contribution in [3.8, 4) is 17.2 Å². The highest BCUT2D eigenvalue weighted by molar-refractivity contribution is 6.14. The predicted molar refractivity (Wildman–Crippen MR) is 99.0 cm³/mol. The van der Waals surface area contributed by atoms with Gasteiger partial charge in [0.25, 0.3) is 0 Å². The van der Waals surface area contributed by atoms with Gasteiger partial charge in [0.2, 0.25) is 5.78 Å². The van der Waals surface area contributed by atoms with Crippen molar-refractivity contribution in [2.24, 2.45) is 0 Å². The van der Waals surface area contributed by atoms with Crippen LogP contribution >= 0.6 is 0 Å². The van der Waals surface area contributed by atoms with Crippen LogP contribution in [0.1, 0.15) is 15.9 Å². The summed E-state index contributed by atoms with van der Waals surface area (Å²) in [5.41, 5.74) is 1.22. The van der Waals surface area contributed by atoms with E-state index in [4.69, 9.17) is 18.9 Å². The van der Waals surface area contributed by atoms with E-state index in [2.05, 4.69) is 6.58 Å². The fourth-order valence-electron chi connectivity index (χ4n) is 2.48. The third kappa shape index (κ3) is 4.36. The Hall–Kier alpha value is -3.54. The molecule has 0 aromatic heterocycles. The first-order valence-corrected chi connectivity index (χ1v) is 8.22. The Morgan fingerprint density at radius 3 is 2.81 bits per heavy atom. The van der Waals surface area contributed by atoms with E-state index in [1.165, 1.54) is 6.08 Å². The maximum Gasteiger partial charge on any atom is 0.344 e. The van der Waals surface area contributed by atoms with Gasteiger partial charge in [-0.15, -0.1) is 0 Å². The third-order valence-electron chi connectivity index (χ3n) is 3.75. The van der Waals surface area contributed by atoms with Gasteiger partial charge in [0.1, 0.15) is 23.9 Å². The van der Waals surface area contributed by atoms with E-state index < -0.39 is 5.97 Å². The number of rotatable bonds is 7. The lowest BCUT2D eigenvalue weighted by molar-refractivity contribution is -0.144. The Bertz CT molecular complexity index is 913. The Balaban J connectivity index is 1.72. The topological polar surface area (TPSA) is 71.1 Å². The summed E-state index contributed by atoms with van der Waals surface area (Å²) in [4.78, 5) is 24.0. The van der Waals surface area contributed by atoms with Crippen LogP contribution in [0.25, 0.3) is 6.08 Å². The number of ketones is 1. The van der Waals surface area contributed by atoms with E-state index in [0.29, 0.717) is 22.8 Å². The van der Waals surface area contributed by atoms with E-state index in [1.807, 2.05) is 18.2 Å². The van der Waals surface area contributed by atoms with Gasteiger partial charge in [-0.1, -0.05) is 24.8 Å². The van der Waals surface area contributed by atoms with Crippen molar-refractivity contribution < 1.29 is 28.5 Å². The lowest BCUT2D eigenvalue weighted by Gasteiger charge is -2.06. The maximum atomic E-state index is 12.5. The highest BCUT2D eigenvalue weighted by atomic mass is 16.6. The fraction of sp³-hybridized carbons (Fsp3) is 0.143. The second-order valence-corrected chi connectivity index (χ2v) is 5.63. The molecule has 0 N–H and O–H groups in total. The molecule has 0 bridgehead atoms. The zero-order chi connectivity index (χ0) is 19.2.